The van der Waals surface area contributed by atoms with Crippen molar-refractivity contribution in [2.24, 2.45) is 7.05 Å². The van der Waals surface area contributed by atoms with Crippen LogP contribution in [-0.4, -0.2) is 42.7 Å². The zero-order valence-electron chi connectivity index (χ0n) is 20.5. The van der Waals surface area contributed by atoms with Gasteiger partial charge >= 0.3 is 6.61 Å². The normalized spacial score (nSPS) is 17.2. The van der Waals surface area contributed by atoms with Crippen LogP contribution in [0, 0.1) is 18.6 Å². The number of carbonyl (C=O) groups is 2. The Hall–Kier alpha value is -4.35. The number of alkyl halides is 2. The molecule has 200 valence electrons. The van der Waals surface area contributed by atoms with Crippen molar-refractivity contribution in [3.8, 4) is 11.5 Å². The van der Waals surface area contributed by atoms with E-state index in [1.165, 1.54) is 36.9 Å². The minimum atomic E-state index is -3.05. The van der Waals surface area contributed by atoms with Gasteiger partial charge in [-0.25, -0.2) is 8.78 Å². The number of nitrogens with zero attached hydrogens (tertiary/aromatic N) is 2. The van der Waals surface area contributed by atoms with E-state index in [-0.39, 0.29) is 29.3 Å². The van der Waals surface area contributed by atoms with Gasteiger partial charge in [0.25, 0.3) is 11.5 Å². The van der Waals surface area contributed by atoms with Crippen molar-refractivity contribution in [2.75, 3.05) is 18.6 Å². The van der Waals surface area contributed by atoms with Crippen molar-refractivity contribution in [1.29, 1.82) is 0 Å². The summed E-state index contributed by atoms with van der Waals surface area (Å²) < 4.78 is 65.5. The number of rotatable bonds is 7. The van der Waals surface area contributed by atoms with Crippen LogP contribution >= 0.6 is 0 Å². The number of aryl methyl sites for hydroxylation is 2. The number of hydrogen-bond donors (Lipinski definition) is 1. The van der Waals surface area contributed by atoms with E-state index in [9.17, 15) is 23.2 Å². The van der Waals surface area contributed by atoms with Gasteiger partial charge in [-0.1, -0.05) is 0 Å². The molecular formula is C26H23F4N3O5. The molecule has 2 aromatic carbocycles. The molecule has 1 N–H and O–H groups in total. The van der Waals surface area contributed by atoms with E-state index >= 15 is 8.78 Å². The molecule has 1 fully saturated rings. The summed E-state index contributed by atoms with van der Waals surface area (Å²) in [5.41, 5.74) is -0.343. The number of carbonyl (C=O) groups excluding carboxylic acids is 2. The largest absolute Gasteiger partial charge is 0.497 e. The Morgan fingerprint density at radius 2 is 1.68 bits per heavy atom. The van der Waals surface area contributed by atoms with Gasteiger partial charge in [0.1, 0.15) is 34.9 Å². The van der Waals surface area contributed by atoms with Gasteiger partial charge in [-0.3, -0.25) is 14.4 Å². The molecule has 0 bridgehead atoms. The van der Waals surface area contributed by atoms with Gasteiger partial charge in [-0.2, -0.15) is 8.78 Å². The fourth-order valence-corrected chi connectivity index (χ4v) is 4.47. The minimum absolute atomic E-state index is 0.0120. The van der Waals surface area contributed by atoms with Gasteiger partial charge in [0.15, 0.2) is 0 Å². The van der Waals surface area contributed by atoms with Crippen molar-refractivity contribution >= 4 is 17.5 Å². The first-order valence-corrected chi connectivity index (χ1v) is 11.4. The predicted octanol–water partition coefficient (Wildman–Crippen LogP) is 3.51. The Morgan fingerprint density at radius 3 is 2.26 bits per heavy atom. The third kappa shape index (κ3) is 5.20. The number of halogens is 4. The topological polar surface area (TPSA) is 89.9 Å². The number of hydrogen-bond acceptors (Lipinski definition) is 5. The predicted molar refractivity (Wildman–Crippen MR) is 129 cm³/mol. The van der Waals surface area contributed by atoms with E-state index in [2.05, 4.69) is 10.1 Å². The lowest BCUT2D eigenvalue weighted by Crippen LogP contribution is -2.44. The lowest BCUT2D eigenvalue weighted by molar-refractivity contribution is -0.118. The van der Waals surface area contributed by atoms with Crippen LogP contribution in [0.4, 0.5) is 23.2 Å². The molecule has 1 saturated heterocycles. The first-order valence-electron chi connectivity index (χ1n) is 11.4. The molecule has 2 heterocycles. The standard InChI is InChI=1S/C26H23F4N3O5/c1-13-8-20(24(35)32(2)11-13)33-12-17(21-18(27)9-16(37-3)10-19(21)28)22(25(33)36)31-23(34)14-4-6-15(7-5-14)38-26(29)30/h4-11,17,22,26H,12H2,1-3H3,(H,31,34)/t17-,22?/m0/s1. The molecule has 2 amide bonds. The number of pyridine rings is 1. The SMILES string of the molecule is COc1cc(F)c([C@@H]2CN(c3cc(C)cn(C)c3=O)C(=O)C2NC(=O)c2ccc(OC(F)F)cc2)c(F)c1. The van der Waals surface area contributed by atoms with Gasteiger partial charge in [0.2, 0.25) is 5.91 Å². The van der Waals surface area contributed by atoms with E-state index in [1.807, 2.05) is 0 Å². The van der Waals surface area contributed by atoms with Crippen molar-refractivity contribution in [1.82, 2.24) is 9.88 Å². The summed E-state index contributed by atoms with van der Waals surface area (Å²) in [5, 5.41) is 2.49. The molecule has 0 radical (unpaired) electrons. The van der Waals surface area contributed by atoms with Gasteiger partial charge in [0.05, 0.1) is 7.11 Å². The quantitative estimate of drug-likeness (QED) is 0.470. The minimum Gasteiger partial charge on any atom is -0.497 e. The number of amides is 2. The van der Waals surface area contributed by atoms with Crippen LogP contribution in [0.25, 0.3) is 0 Å². The first kappa shape index (κ1) is 26.7. The first-order chi connectivity index (χ1) is 18.0. The highest BCUT2D eigenvalue weighted by atomic mass is 19.3. The molecule has 1 unspecified atom stereocenters. The molecule has 2 atom stereocenters. The summed E-state index contributed by atoms with van der Waals surface area (Å²) in [6.45, 7) is -1.64. The van der Waals surface area contributed by atoms with E-state index in [0.717, 1.165) is 29.2 Å². The molecule has 12 heteroatoms. The van der Waals surface area contributed by atoms with Crippen molar-refractivity contribution in [3.05, 3.63) is 87.3 Å². The molecule has 4 rings (SSSR count). The zero-order valence-corrected chi connectivity index (χ0v) is 20.5. The second-order valence-electron chi connectivity index (χ2n) is 8.73. The summed E-state index contributed by atoms with van der Waals surface area (Å²) in [6.07, 6.45) is 1.56. The van der Waals surface area contributed by atoms with E-state index in [1.54, 1.807) is 13.1 Å². The molecule has 38 heavy (non-hydrogen) atoms. The fourth-order valence-electron chi connectivity index (χ4n) is 4.47. The highest BCUT2D eigenvalue weighted by Gasteiger charge is 2.46. The molecule has 1 aromatic heterocycles. The Labute approximate surface area is 214 Å². The van der Waals surface area contributed by atoms with Gasteiger partial charge in [0, 0.05) is 49.0 Å². The number of benzene rings is 2. The summed E-state index contributed by atoms with van der Waals surface area (Å²) in [7, 11) is 2.74. The van der Waals surface area contributed by atoms with Crippen molar-refractivity contribution in [3.63, 3.8) is 0 Å². The highest BCUT2D eigenvalue weighted by Crippen LogP contribution is 2.36. The van der Waals surface area contributed by atoms with Crippen molar-refractivity contribution in [2.45, 2.75) is 25.5 Å². The third-order valence-corrected chi connectivity index (χ3v) is 6.19. The van der Waals surface area contributed by atoms with Crippen molar-refractivity contribution < 1.29 is 36.6 Å². The summed E-state index contributed by atoms with van der Waals surface area (Å²) in [5.74, 6) is -5.02. The van der Waals surface area contributed by atoms with Crippen LogP contribution in [0.5, 0.6) is 11.5 Å². The number of nitrogens with one attached hydrogen (secondary N) is 1. The van der Waals surface area contributed by atoms with Gasteiger partial charge in [-0.15, -0.1) is 0 Å². The Morgan fingerprint density at radius 1 is 1.05 bits per heavy atom. The van der Waals surface area contributed by atoms with Crippen LogP contribution < -0.4 is 25.2 Å². The molecule has 0 spiro atoms. The second-order valence-corrected chi connectivity index (χ2v) is 8.73. The molecule has 1 aliphatic rings. The smallest absolute Gasteiger partial charge is 0.387 e. The van der Waals surface area contributed by atoms with Gasteiger partial charge in [-0.05, 0) is 42.8 Å². The highest BCUT2D eigenvalue weighted by molar-refractivity contribution is 6.05. The summed E-state index contributed by atoms with van der Waals surface area (Å²) in [4.78, 5) is 40.5. The molecule has 3 aromatic rings. The molecule has 1 aliphatic heterocycles. The maximum Gasteiger partial charge on any atom is 0.387 e. The van der Waals surface area contributed by atoms with Crippen LogP contribution in [0.1, 0.15) is 27.4 Å². The average molecular weight is 533 g/mol. The maximum absolute atomic E-state index is 15.1. The third-order valence-electron chi connectivity index (χ3n) is 6.19. The number of anilines is 1. The van der Waals surface area contributed by atoms with Crippen LogP contribution in [0.3, 0.4) is 0 Å². The number of ether oxygens (including phenoxy) is 2. The summed E-state index contributed by atoms with van der Waals surface area (Å²) >= 11 is 0. The van der Waals surface area contributed by atoms with E-state index in [0.29, 0.717) is 5.56 Å². The lowest BCUT2D eigenvalue weighted by Gasteiger charge is -2.20. The van der Waals surface area contributed by atoms with Crippen LogP contribution in [-0.2, 0) is 11.8 Å². The lowest BCUT2D eigenvalue weighted by atomic mass is 9.92. The summed E-state index contributed by atoms with van der Waals surface area (Å²) in [6, 6.07) is 6.61. The maximum atomic E-state index is 15.1. The molecule has 0 aliphatic carbocycles. The number of methoxy groups -OCH3 is 1. The number of aromatic nitrogens is 1. The monoisotopic (exact) mass is 533 g/mol. The fraction of sp³-hybridized carbons (Fsp3) is 0.269. The second kappa shape index (κ2) is 10.6. The van der Waals surface area contributed by atoms with E-state index < -0.39 is 53.1 Å². The molecular weight excluding hydrogens is 510 g/mol. The Kier molecular flexibility index (Phi) is 7.42. The molecule has 0 saturated carbocycles. The Bertz CT molecular complexity index is 1420. The zero-order chi connectivity index (χ0) is 27.7. The van der Waals surface area contributed by atoms with Gasteiger partial charge < -0.3 is 24.3 Å². The van der Waals surface area contributed by atoms with E-state index in [4.69, 9.17) is 4.74 Å². The Balaban J connectivity index is 1.73. The molecule has 8 nitrogen and oxygen atoms in total. The van der Waals surface area contributed by atoms with Crippen LogP contribution in [0.2, 0.25) is 0 Å². The van der Waals surface area contributed by atoms with Crippen LogP contribution in [0.15, 0.2) is 53.5 Å². The average Bonchev–Trinajstić information content (AvgIpc) is 3.16.